The lowest BCUT2D eigenvalue weighted by molar-refractivity contribution is 0.179. The van der Waals surface area contributed by atoms with Gasteiger partial charge in [0.25, 0.3) is 0 Å². The van der Waals surface area contributed by atoms with Gasteiger partial charge in [-0.15, -0.1) is 0 Å². The second-order valence-corrected chi connectivity index (χ2v) is 6.66. The molecule has 0 aliphatic carbocycles. The molecule has 0 heterocycles. The fraction of sp³-hybridized carbons (Fsp3) is 0.778. The van der Waals surface area contributed by atoms with Crippen molar-refractivity contribution < 1.29 is 32.6 Å². The Labute approximate surface area is 107 Å². The highest BCUT2D eigenvalue weighted by atomic mass is 31.3. The molecular weight excluding hydrogens is 282 g/mol. The lowest BCUT2D eigenvalue weighted by atomic mass is 10.1. The van der Waals surface area contributed by atoms with Gasteiger partial charge in [0, 0.05) is 0 Å². The molecule has 1 unspecified atom stereocenters. The van der Waals surface area contributed by atoms with E-state index in [4.69, 9.17) is 14.7 Å². The number of rotatable bonds is 10. The largest absolute Gasteiger partial charge is 0.481 e. The standard InChI is InChI=1S/C9H20O7P2/c1-3-4-5-6-9(2)7-8-15-18(13,14)16-17(10,11)12/h2-8H2,1H3,(H,13,14)(H2,10,11,12). The predicted molar refractivity (Wildman–Crippen MR) is 66.8 cm³/mol. The number of phosphoric ester groups is 1. The third kappa shape index (κ3) is 11.1. The number of unbranched alkanes of at least 4 members (excludes halogenated alkanes) is 2. The Hall–Kier alpha value is -0.0000000000000000416. The zero-order chi connectivity index (χ0) is 14.2. The topological polar surface area (TPSA) is 113 Å². The lowest BCUT2D eigenvalue weighted by Gasteiger charge is -2.12. The summed E-state index contributed by atoms with van der Waals surface area (Å²) in [5.41, 5.74) is 0.861. The van der Waals surface area contributed by atoms with Crippen molar-refractivity contribution in [1.29, 1.82) is 0 Å². The highest BCUT2D eigenvalue weighted by Crippen LogP contribution is 2.57. The first-order chi connectivity index (χ1) is 8.16. The van der Waals surface area contributed by atoms with Gasteiger partial charge >= 0.3 is 15.6 Å². The summed E-state index contributed by atoms with van der Waals surface area (Å²) in [6.45, 7) is 5.68. The monoisotopic (exact) mass is 302 g/mol. The van der Waals surface area contributed by atoms with Gasteiger partial charge in [-0.3, -0.25) is 4.52 Å². The van der Waals surface area contributed by atoms with Crippen molar-refractivity contribution in [3.05, 3.63) is 12.2 Å². The first-order valence-corrected chi connectivity index (χ1v) is 8.60. The Morgan fingerprint density at radius 2 is 1.78 bits per heavy atom. The van der Waals surface area contributed by atoms with Gasteiger partial charge < -0.3 is 14.7 Å². The van der Waals surface area contributed by atoms with Gasteiger partial charge in [-0.05, 0) is 19.3 Å². The normalized spacial score (nSPS) is 15.3. The molecule has 9 heteroatoms. The summed E-state index contributed by atoms with van der Waals surface area (Å²) in [6.07, 6.45) is 4.31. The Morgan fingerprint density at radius 1 is 1.17 bits per heavy atom. The Balaban J connectivity index is 3.86. The third-order valence-corrected chi connectivity index (χ3v) is 4.24. The summed E-state index contributed by atoms with van der Waals surface area (Å²) < 4.78 is 29.5. The molecule has 1 atom stereocenters. The molecule has 18 heavy (non-hydrogen) atoms. The molecule has 3 N–H and O–H groups in total. The molecule has 108 valence electrons. The first-order valence-electron chi connectivity index (χ1n) is 5.57. The maximum Gasteiger partial charge on any atom is 0.481 e. The van der Waals surface area contributed by atoms with Crippen molar-refractivity contribution in [2.75, 3.05) is 6.61 Å². The Morgan fingerprint density at radius 3 is 2.28 bits per heavy atom. The van der Waals surface area contributed by atoms with Crippen molar-refractivity contribution >= 4 is 15.6 Å². The molecular formula is C9H20O7P2. The van der Waals surface area contributed by atoms with Crippen LogP contribution < -0.4 is 0 Å². The van der Waals surface area contributed by atoms with Gasteiger partial charge in [0.2, 0.25) is 0 Å². The van der Waals surface area contributed by atoms with Gasteiger partial charge in [0.1, 0.15) is 0 Å². The molecule has 0 aliphatic heterocycles. The van der Waals surface area contributed by atoms with Crippen LogP contribution >= 0.6 is 15.6 Å². The smallest absolute Gasteiger partial charge is 0.302 e. The SMILES string of the molecule is C=C(CCCCC)CCOP(=O)(O)OP(=O)(O)O. The van der Waals surface area contributed by atoms with Gasteiger partial charge in [-0.25, -0.2) is 9.13 Å². The van der Waals surface area contributed by atoms with E-state index in [0.29, 0.717) is 6.42 Å². The van der Waals surface area contributed by atoms with E-state index < -0.39 is 15.6 Å². The quantitative estimate of drug-likeness (QED) is 0.323. The maximum atomic E-state index is 11.1. The molecule has 0 aromatic rings. The molecule has 0 saturated carbocycles. The van der Waals surface area contributed by atoms with Crippen LogP contribution in [0.15, 0.2) is 12.2 Å². The maximum absolute atomic E-state index is 11.1. The highest BCUT2D eigenvalue weighted by Gasteiger charge is 2.31. The Bertz CT molecular complexity index is 349. The molecule has 0 bridgehead atoms. The average molecular weight is 302 g/mol. The average Bonchev–Trinajstić information content (AvgIpc) is 2.13. The van der Waals surface area contributed by atoms with Crippen molar-refractivity contribution in [1.82, 2.24) is 0 Å². The summed E-state index contributed by atoms with van der Waals surface area (Å²) >= 11 is 0. The van der Waals surface area contributed by atoms with Crippen LogP contribution in [0.1, 0.15) is 39.0 Å². The van der Waals surface area contributed by atoms with Crippen LogP contribution in [0.3, 0.4) is 0 Å². The van der Waals surface area contributed by atoms with Crippen LogP contribution in [0.5, 0.6) is 0 Å². The molecule has 7 nitrogen and oxygen atoms in total. The number of hydrogen-bond donors (Lipinski definition) is 3. The predicted octanol–water partition coefficient (Wildman–Crippen LogP) is 2.74. The third-order valence-electron chi connectivity index (χ3n) is 2.05. The van der Waals surface area contributed by atoms with E-state index in [1.807, 2.05) is 0 Å². The van der Waals surface area contributed by atoms with Crippen LogP contribution in [-0.4, -0.2) is 21.3 Å². The molecule has 0 rings (SSSR count). The lowest BCUT2D eigenvalue weighted by Crippen LogP contribution is -1.97. The Kier molecular flexibility index (Phi) is 8.23. The second kappa shape index (κ2) is 8.23. The molecule has 0 aliphatic rings. The molecule has 0 amide bonds. The zero-order valence-electron chi connectivity index (χ0n) is 10.3. The molecule has 0 fully saturated rings. The fourth-order valence-electron chi connectivity index (χ4n) is 1.21. The minimum absolute atomic E-state index is 0.168. The number of hydrogen-bond acceptors (Lipinski definition) is 4. The van der Waals surface area contributed by atoms with E-state index in [9.17, 15) is 9.13 Å². The highest BCUT2D eigenvalue weighted by molar-refractivity contribution is 7.60. The van der Waals surface area contributed by atoms with Crippen LogP contribution in [0.25, 0.3) is 0 Å². The van der Waals surface area contributed by atoms with Crippen molar-refractivity contribution in [3.8, 4) is 0 Å². The molecule has 0 aromatic carbocycles. The van der Waals surface area contributed by atoms with E-state index in [0.717, 1.165) is 31.3 Å². The summed E-state index contributed by atoms with van der Waals surface area (Å²) in [5, 5.41) is 0. The van der Waals surface area contributed by atoms with Crippen molar-refractivity contribution in [3.63, 3.8) is 0 Å². The molecule has 0 saturated heterocycles. The van der Waals surface area contributed by atoms with Crippen LogP contribution in [0.2, 0.25) is 0 Å². The van der Waals surface area contributed by atoms with Gasteiger partial charge in [-0.1, -0.05) is 31.9 Å². The van der Waals surface area contributed by atoms with E-state index in [2.05, 4.69) is 22.3 Å². The second-order valence-electron chi connectivity index (χ2n) is 3.83. The van der Waals surface area contributed by atoms with Gasteiger partial charge in [-0.2, -0.15) is 4.31 Å². The zero-order valence-corrected chi connectivity index (χ0v) is 12.1. The molecule has 0 radical (unpaired) electrons. The fourth-order valence-corrected chi connectivity index (χ4v) is 2.80. The van der Waals surface area contributed by atoms with Gasteiger partial charge in [0.15, 0.2) is 0 Å². The van der Waals surface area contributed by atoms with E-state index in [1.165, 1.54) is 0 Å². The molecule has 0 spiro atoms. The minimum atomic E-state index is -5.03. The van der Waals surface area contributed by atoms with Crippen LogP contribution in [0.4, 0.5) is 0 Å². The van der Waals surface area contributed by atoms with Crippen molar-refractivity contribution in [2.24, 2.45) is 0 Å². The summed E-state index contributed by atoms with van der Waals surface area (Å²) in [4.78, 5) is 25.7. The first kappa shape index (κ1) is 18.0. The molecule has 0 aromatic heterocycles. The van der Waals surface area contributed by atoms with E-state index in [1.54, 1.807) is 0 Å². The minimum Gasteiger partial charge on any atom is -0.302 e. The van der Waals surface area contributed by atoms with Crippen molar-refractivity contribution in [2.45, 2.75) is 39.0 Å². The summed E-state index contributed by atoms with van der Waals surface area (Å²) in [5.74, 6) is 0. The van der Waals surface area contributed by atoms with E-state index >= 15 is 0 Å². The van der Waals surface area contributed by atoms with Crippen LogP contribution in [0, 0.1) is 0 Å². The summed E-state index contributed by atoms with van der Waals surface area (Å²) in [6, 6.07) is 0. The van der Waals surface area contributed by atoms with Gasteiger partial charge in [0.05, 0.1) is 6.61 Å². The number of phosphoric acid groups is 2. The summed E-state index contributed by atoms with van der Waals surface area (Å²) in [7, 11) is -9.74. The van der Waals surface area contributed by atoms with Crippen LogP contribution in [-0.2, 0) is 18.0 Å². The van der Waals surface area contributed by atoms with E-state index in [-0.39, 0.29) is 6.61 Å².